The Morgan fingerprint density at radius 1 is 1.03 bits per heavy atom. The molecule has 0 amide bonds. The molecule has 3 nitrogen and oxygen atoms in total. The summed E-state index contributed by atoms with van der Waals surface area (Å²) < 4.78 is 5.63. The summed E-state index contributed by atoms with van der Waals surface area (Å²) in [6.07, 6.45) is 0. The van der Waals surface area contributed by atoms with Crippen LogP contribution in [0.5, 0.6) is 5.75 Å². The van der Waals surface area contributed by atoms with E-state index in [1.54, 1.807) is 6.07 Å². The second kappa shape index (κ2) is 14.8. The van der Waals surface area contributed by atoms with Crippen LogP contribution in [0.2, 0.25) is 0 Å². The van der Waals surface area contributed by atoms with Crippen molar-refractivity contribution < 1.29 is 37.8 Å². The van der Waals surface area contributed by atoms with Crippen LogP contribution in [0.25, 0.3) is 0 Å². The van der Waals surface area contributed by atoms with Crippen LogP contribution in [0.1, 0.15) is 22.3 Å². The second-order valence-electron chi connectivity index (χ2n) is 8.33. The zero-order valence-electron chi connectivity index (χ0n) is 20.5. The summed E-state index contributed by atoms with van der Waals surface area (Å²) >= 11 is 3.44. The molecule has 34 heavy (non-hydrogen) atoms. The average molecular weight is 653 g/mol. The van der Waals surface area contributed by atoms with Gasteiger partial charge in [-0.15, -0.1) is 0 Å². The number of rotatable bonds is 5. The Bertz CT molecular complexity index is 1090. The number of phenols is 1. The number of nitrogens with zero attached hydrogens (tertiary/aromatic N) is 2. The maximum atomic E-state index is 10.2. The van der Waals surface area contributed by atoms with E-state index in [2.05, 4.69) is 86.5 Å². The van der Waals surface area contributed by atoms with Crippen LogP contribution in [0.3, 0.4) is 0 Å². The molecule has 7 heteroatoms. The Balaban J connectivity index is 0.000000839. The van der Waals surface area contributed by atoms with Crippen LogP contribution in [0.4, 0.5) is 11.4 Å². The molecule has 0 spiro atoms. The quantitative estimate of drug-likeness (QED) is 0.145. The van der Waals surface area contributed by atoms with Gasteiger partial charge in [0.05, 0.1) is 39.3 Å². The molecular weight excluding hydrogens is 620 g/mol. The molecule has 0 saturated carbocycles. The van der Waals surface area contributed by atoms with Crippen LogP contribution in [-0.4, -0.2) is 42.2 Å². The van der Waals surface area contributed by atoms with Crippen molar-refractivity contribution in [2.75, 3.05) is 21.1 Å². The van der Waals surface area contributed by atoms with Gasteiger partial charge >= 0.3 is 65.9 Å². The fourth-order valence-corrected chi connectivity index (χ4v) is 4.98. The molecule has 0 saturated heterocycles. The molecule has 0 fully saturated rings. The van der Waals surface area contributed by atoms with Crippen molar-refractivity contribution in [3.05, 3.63) is 101 Å². The van der Waals surface area contributed by atoms with Crippen molar-refractivity contribution in [1.29, 1.82) is 0 Å². The summed E-state index contributed by atoms with van der Waals surface area (Å²) in [7, 11) is 11.9. The number of phenolic OH excluding ortho intramolecular Hbond substituents is 1. The van der Waals surface area contributed by atoms with E-state index in [1.165, 1.54) is 5.56 Å². The van der Waals surface area contributed by atoms with Gasteiger partial charge in [0.2, 0.25) is 0 Å². The summed E-state index contributed by atoms with van der Waals surface area (Å²) in [5, 5.41) is 10.2. The van der Waals surface area contributed by atoms with Gasteiger partial charge < -0.3 is 29.4 Å². The summed E-state index contributed by atoms with van der Waals surface area (Å²) in [6.45, 7) is 10.1. The Morgan fingerprint density at radius 3 is 2.09 bits per heavy atom. The Hall–Kier alpha value is -1.49. The molecule has 3 rings (SSSR count). The first-order valence-corrected chi connectivity index (χ1v) is 14.0. The molecule has 0 atom stereocenters. The van der Waals surface area contributed by atoms with Gasteiger partial charge in [0, 0.05) is 4.47 Å². The zero-order valence-corrected chi connectivity index (χ0v) is 25.3. The van der Waals surface area contributed by atoms with E-state index in [1.807, 2.05) is 41.5 Å². The average Bonchev–Trinajstić information content (AvgIpc) is 2.69. The fraction of sp³-hybridized carbons (Fsp3) is 0.185. The molecule has 0 bridgehead atoms. The molecule has 0 unspecified atom stereocenters. The van der Waals surface area contributed by atoms with E-state index in [4.69, 9.17) is 9.69 Å². The number of benzene rings is 3. The Morgan fingerprint density at radius 2 is 1.59 bits per heavy atom. The molecule has 0 aliphatic heterocycles. The number of aryl methyl sites for hydroxylation is 2. The molecule has 0 aliphatic rings. The number of hydrogen-bond acceptors (Lipinski definition) is 1. The number of halogens is 3. The first-order chi connectivity index (χ1) is 15.0. The van der Waals surface area contributed by atoms with Crippen molar-refractivity contribution in [2.45, 2.75) is 13.8 Å². The third-order valence-electron chi connectivity index (χ3n) is 4.78. The van der Waals surface area contributed by atoms with Gasteiger partial charge in [0.25, 0.3) is 0 Å². The summed E-state index contributed by atoms with van der Waals surface area (Å²) in [4.78, 5) is 0. The number of aromatic hydroxyl groups is 1. The molecule has 1 N–H and O–H groups in total. The van der Waals surface area contributed by atoms with E-state index in [9.17, 15) is 5.11 Å². The van der Waals surface area contributed by atoms with Crippen molar-refractivity contribution in [1.82, 2.24) is 4.48 Å². The zero-order chi connectivity index (χ0) is 23.9. The normalized spacial score (nSPS) is 10.7. The van der Waals surface area contributed by atoms with Crippen LogP contribution in [0.15, 0.2) is 65.1 Å². The van der Waals surface area contributed by atoms with Crippen LogP contribution >= 0.6 is 25.6 Å². The molecule has 3 aromatic rings. The predicted molar refractivity (Wildman–Crippen MR) is 146 cm³/mol. The molecule has 0 aliphatic carbocycles. The van der Waals surface area contributed by atoms with Gasteiger partial charge in [0.15, 0.2) is 5.69 Å². The third kappa shape index (κ3) is 9.64. The topological polar surface area (TPSA) is 23.2 Å². The van der Waals surface area contributed by atoms with Gasteiger partial charge in [-0.05, 0) is 60.9 Å². The van der Waals surface area contributed by atoms with Crippen LogP contribution in [0, 0.1) is 27.8 Å². The van der Waals surface area contributed by atoms with Gasteiger partial charge in [-0.2, -0.15) is 0 Å². The number of hydrogen-bond donors (Lipinski definition) is 1. The van der Waals surface area contributed by atoms with Gasteiger partial charge in [-0.3, -0.25) is 4.58 Å². The molecular formula is C27H33BrCl2N2ORu-. The van der Waals surface area contributed by atoms with E-state index in [-0.39, 0.29) is 41.3 Å². The van der Waals surface area contributed by atoms with Gasteiger partial charge in [-0.1, -0.05) is 15.9 Å². The van der Waals surface area contributed by atoms with E-state index in [0.717, 1.165) is 32.5 Å². The summed E-state index contributed by atoms with van der Waals surface area (Å²) in [5.74, 6) is 0.253. The van der Waals surface area contributed by atoms with Gasteiger partial charge in [0.1, 0.15) is 6.54 Å². The first-order valence-electron chi connectivity index (χ1n) is 9.99. The monoisotopic (exact) mass is 652 g/mol. The van der Waals surface area contributed by atoms with Crippen LogP contribution < -0.4 is 16.9 Å². The van der Waals surface area contributed by atoms with Crippen molar-refractivity contribution in [3.8, 4) is 5.75 Å². The minimum atomic E-state index is -0.0765. The third-order valence-corrected chi connectivity index (χ3v) is 6.46. The van der Waals surface area contributed by atoms with Crippen molar-refractivity contribution in [3.63, 3.8) is 0 Å². The van der Waals surface area contributed by atoms with Gasteiger partial charge in [-0.25, -0.2) is 0 Å². The van der Waals surface area contributed by atoms with E-state index in [0.29, 0.717) is 4.48 Å². The molecule has 3 aromatic carbocycles. The Kier molecular flexibility index (Phi) is 14.2. The predicted octanol–water partition coefficient (Wildman–Crippen LogP) is 4.05. The van der Waals surface area contributed by atoms with Crippen molar-refractivity contribution in [2.24, 2.45) is 0 Å². The first kappa shape index (κ1) is 32.5. The maximum absolute atomic E-state index is 10.2. The second-order valence-corrected chi connectivity index (χ2v) is 11.0. The Labute approximate surface area is 231 Å². The number of quaternary nitrogens is 1. The standard InChI is InChI=1S/C19H23BrN2O.C7H6.CH3.2ClH.Ru/c1-13-9-16(20)10-14(2)19(13)21(3)12-15-11-17(22(4,5)6)7-8-18(15)23;1-7-5-3-2-4-6-7;;;;/h7-12H,3H2,1-2,4-6H3;1-6H;1H3;2*1H;/q;;-1;;;+1/p-1. The summed E-state index contributed by atoms with van der Waals surface area (Å²) in [6, 6.07) is 19.9. The molecule has 0 heterocycles. The van der Waals surface area contributed by atoms with E-state index < -0.39 is 0 Å². The minimum absolute atomic E-state index is 0. The van der Waals surface area contributed by atoms with E-state index >= 15 is 0 Å². The SMILES string of the molecule is C=[N+]([CH-]c1cc([N+](C)(C)C)ccc1O)c1c(C)cc(Br)cc1C.[CH3-].[Cl-].[Cl][Ru]=[CH]c1ccccc1. The molecule has 187 valence electrons. The summed E-state index contributed by atoms with van der Waals surface area (Å²) in [5.41, 5.74) is 6.41. The molecule has 0 aromatic heterocycles. The fourth-order valence-electron chi connectivity index (χ4n) is 3.22. The van der Waals surface area contributed by atoms with Crippen LogP contribution in [-0.2, 0) is 15.7 Å². The van der Waals surface area contributed by atoms with Crippen molar-refractivity contribution >= 4 is 48.3 Å². The molecule has 0 radical (unpaired) electrons.